The van der Waals surface area contributed by atoms with Crippen LogP contribution in [0.5, 0.6) is 5.88 Å². The maximum Gasteiger partial charge on any atom is 0.354 e. The van der Waals surface area contributed by atoms with E-state index in [0.717, 1.165) is 4.34 Å². The molecule has 1 atom stereocenters. The van der Waals surface area contributed by atoms with Crippen molar-refractivity contribution < 1.29 is 19.4 Å². The summed E-state index contributed by atoms with van der Waals surface area (Å²) in [6.45, 7) is 8.56. The summed E-state index contributed by atoms with van der Waals surface area (Å²) in [5, 5.41) is 13.1. The lowest BCUT2D eigenvalue weighted by molar-refractivity contribution is 0.0520. The molecule has 0 amide bonds. The Balaban J connectivity index is 2.64. The van der Waals surface area contributed by atoms with Crippen molar-refractivity contribution in [3.05, 3.63) is 4.88 Å². The highest BCUT2D eigenvalue weighted by atomic mass is 32.2. The van der Waals surface area contributed by atoms with Crippen LogP contribution < -0.4 is 10.1 Å². The molecule has 8 heteroatoms. The van der Waals surface area contributed by atoms with Crippen molar-refractivity contribution in [2.75, 3.05) is 26.0 Å². The molecule has 1 rings (SSSR count). The number of thiazole rings is 1. The van der Waals surface area contributed by atoms with Crippen LogP contribution in [0.1, 0.15) is 37.4 Å². The molecule has 6 nitrogen and oxygen atoms in total. The van der Waals surface area contributed by atoms with Gasteiger partial charge < -0.3 is 19.9 Å². The summed E-state index contributed by atoms with van der Waals surface area (Å²) in [4.78, 5) is 16.5. The Bertz CT molecular complexity index is 486. The van der Waals surface area contributed by atoms with E-state index < -0.39 is 12.1 Å². The molecular weight excluding hydrogens is 324 g/mol. The molecule has 22 heavy (non-hydrogen) atoms. The van der Waals surface area contributed by atoms with Crippen LogP contribution in [-0.2, 0) is 4.74 Å². The molecule has 0 saturated heterocycles. The molecular formula is C14H24N2O4S2. The quantitative estimate of drug-likeness (QED) is 0.550. The fourth-order valence-corrected chi connectivity index (χ4v) is 2.85. The lowest BCUT2D eigenvalue weighted by Gasteiger charge is -2.22. The Kier molecular flexibility index (Phi) is 7.61. The van der Waals surface area contributed by atoms with Gasteiger partial charge in [0.25, 0.3) is 0 Å². The van der Waals surface area contributed by atoms with E-state index in [0.29, 0.717) is 18.0 Å². The standard InChI is InChI=1S/C14H24N2O4S2/c1-6-19-12(18)10-11(16-13(21-5)22-10)20-8-9(17)7-15-14(2,3)4/h9,15,17H,6-8H2,1-5H3. The van der Waals surface area contributed by atoms with E-state index in [-0.39, 0.29) is 18.0 Å². The number of β-amino-alcohol motifs (C(OH)–C–C–N with tert-alkyl or cyclic N) is 1. The zero-order chi connectivity index (χ0) is 16.8. The number of carbonyl (C=O) groups excluding carboxylic acids is 1. The number of ether oxygens (including phenoxy) is 2. The van der Waals surface area contributed by atoms with Gasteiger partial charge in [0.1, 0.15) is 12.7 Å². The Labute approximate surface area is 139 Å². The number of thioether (sulfide) groups is 1. The summed E-state index contributed by atoms with van der Waals surface area (Å²) in [5.41, 5.74) is -0.0796. The Morgan fingerprint density at radius 2 is 2.18 bits per heavy atom. The van der Waals surface area contributed by atoms with E-state index in [4.69, 9.17) is 9.47 Å². The molecule has 1 unspecified atom stereocenters. The third-order valence-corrected chi connectivity index (χ3v) is 4.49. The highest BCUT2D eigenvalue weighted by molar-refractivity contribution is 8.00. The molecule has 0 aliphatic rings. The highest BCUT2D eigenvalue weighted by Crippen LogP contribution is 2.31. The van der Waals surface area contributed by atoms with Crippen molar-refractivity contribution in [2.45, 2.75) is 43.7 Å². The molecule has 0 bridgehead atoms. The molecule has 0 radical (unpaired) electrons. The lowest BCUT2D eigenvalue weighted by Crippen LogP contribution is -2.42. The number of esters is 1. The normalized spacial score (nSPS) is 13.0. The summed E-state index contributed by atoms with van der Waals surface area (Å²) in [6.07, 6.45) is 1.19. The van der Waals surface area contributed by atoms with E-state index in [1.54, 1.807) is 6.92 Å². The van der Waals surface area contributed by atoms with E-state index in [9.17, 15) is 9.90 Å². The van der Waals surface area contributed by atoms with E-state index in [2.05, 4.69) is 10.3 Å². The molecule has 126 valence electrons. The maximum absolute atomic E-state index is 11.9. The monoisotopic (exact) mass is 348 g/mol. The minimum Gasteiger partial charge on any atom is -0.474 e. The van der Waals surface area contributed by atoms with Crippen LogP contribution >= 0.6 is 23.1 Å². The number of aliphatic hydroxyl groups excluding tert-OH is 1. The van der Waals surface area contributed by atoms with Gasteiger partial charge in [0.05, 0.1) is 6.61 Å². The van der Waals surface area contributed by atoms with Gasteiger partial charge >= 0.3 is 5.97 Å². The number of hydrogen-bond acceptors (Lipinski definition) is 8. The van der Waals surface area contributed by atoms with Gasteiger partial charge in [-0.2, -0.15) is 4.98 Å². The molecule has 0 aliphatic carbocycles. The smallest absolute Gasteiger partial charge is 0.354 e. The molecule has 0 fully saturated rings. The predicted molar refractivity (Wildman–Crippen MR) is 89.1 cm³/mol. The van der Waals surface area contributed by atoms with Crippen molar-refractivity contribution in [2.24, 2.45) is 0 Å². The van der Waals surface area contributed by atoms with Crippen LogP contribution in [0.3, 0.4) is 0 Å². The van der Waals surface area contributed by atoms with Gasteiger partial charge in [-0.05, 0) is 34.0 Å². The van der Waals surface area contributed by atoms with Gasteiger partial charge in [-0.15, -0.1) is 0 Å². The second-order valence-corrected chi connectivity index (χ2v) is 7.69. The van der Waals surface area contributed by atoms with Crippen LogP contribution in [0.25, 0.3) is 0 Å². The van der Waals surface area contributed by atoms with E-state index >= 15 is 0 Å². The topological polar surface area (TPSA) is 80.7 Å². The number of aromatic nitrogens is 1. The molecule has 2 N–H and O–H groups in total. The van der Waals surface area contributed by atoms with Gasteiger partial charge in [0, 0.05) is 12.1 Å². The summed E-state index contributed by atoms with van der Waals surface area (Å²) < 4.78 is 11.2. The average molecular weight is 348 g/mol. The highest BCUT2D eigenvalue weighted by Gasteiger charge is 2.22. The Hall–Kier alpha value is -0.830. The van der Waals surface area contributed by atoms with Gasteiger partial charge in [0.2, 0.25) is 5.88 Å². The first-order chi connectivity index (χ1) is 10.3. The lowest BCUT2D eigenvalue weighted by atomic mass is 10.1. The van der Waals surface area contributed by atoms with Gasteiger partial charge in [-0.25, -0.2) is 4.79 Å². The SMILES string of the molecule is CCOC(=O)c1sc(SC)nc1OCC(O)CNC(C)(C)C. The van der Waals surface area contributed by atoms with Gasteiger partial charge in [-0.3, -0.25) is 0 Å². The zero-order valence-electron chi connectivity index (χ0n) is 13.6. The summed E-state index contributed by atoms with van der Waals surface area (Å²) in [7, 11) is 0. The first-order valence-electron chi connectivity index (χ1n) is 7.04. The fraction of sp³-hybridized carbons (Fsp3) is 0.714. The maximum atomic E-state index is 11.9. The van der Waals surface area contributed by atoms with Crippen LogP contribution in [0.2, 0.25) is 0 Å². The zero-order valence-corrected chi connectivity index (χ0v) is 15.3. The summed E-state index contributed by atoms with van der Waals surface area (Å²) in [5.74, 6) is -0.222. The Morgan fingerprint density at radius 1 is 1.50 bits per heavy atom. The first kappa shape index (κ1) is 19.2. The number of aliphatic hydroxyl groups is 1. The summed E-state index contributed by atoms with van der Waals surface area (Å²) >= 11 is 2.66. The second-order valence-electron chi connectivity index (χ2n) is 5.63. The van der Waals surface area contributed by atoms with Crippen molar-refractivity contribution in [1.82, 2.24) is 10.3 Å². The predicted octanol–water partition coefficient (Wildman–Crippen LogP) is 2.17. The molecule has 1 aromatic heterocycles. The van der Waals surface area contributed by atoms with Crippen LogP contribution in [0.4, 0.5) is 0 Å². The number of nitrogens with one attached hydrogen (secondary N) is 1. The van der Waals surface area contributed by atoms with Crippen LogP contribution in [-0.4, -0.2) is 53.7 Å². The summed E-state index contributed by atoms with van der Waals surface area (Å²) in [6, 6.07) is 0. The molecule has 0 saturated carbocycles. The van der Waals surface area contributed by atoms with E-state index in [1.807, 2.05) is 27.0 Å². The van der Waals surface area contributed by atoms with Crippen molar-refractivity contribution in [1.29, 1.82) is 0 Å². The molecule has 1 heterocycles. The first-order valence-corrected chi connectivity index (χ1v) is 9.08. The van der Waals surface area contributed by atoms with Gasteiger partial charge in [0.15, 0.2) is 9.22 Å². The molecule has 0 aliphatic heterocycles. The minimum absolute atomic E-state index is 0.0625. The number of nitrogens with zero attached hydrogens (tertiary/aromatic N) is 1. The average Bonchev–Trinajstić information content (AvgIpc) is 2.86. The van der Waals surface area contributed by atoms with Crippen LogP contribution in [0, 0.1) is 0 Å². The number of rotatable bonds is 8. The second kappa shape index (κ2) is 8.71. The molecule has 0 spiro atoms. The third kappa shape index (κ3) is 6.51. The minimum atomic E-state index is -0.686. The Morgan fingerprint density at radius 3 is 2.73 bits per heavy atom. The van der Waals surface area contributed by atoms with Crippen LogP contribution in [0.15, 0.2) is 4.34 Å². The molecule has 0 aromatic carbocycles. The largest absolute Gasteiger partial charge is 0.474 e. The third-order valence-electron chi connectivity index (χ3n) is 2.49. The van der Waals surface area contributed by atoms with Crippen molar-refractivity contribution >= 4 is 29.1 Å². The van der Waals surface area contributed by atoms with Crippen molar-refractivity contribution in [3.8, 4) is 5.88 Å². The molecule has 1 aromatic rings. The number of hydrogen-bond donors (Lipinski definition) is 2. The van der Waals surface area contributed by atoms with Crippen molar-refractivity contribution in [3.63, 3.8) is 0 Å². The number of carbonyl (C=O) groups is 1. The van der Waals surface area contributed by atoms with E-state index in [1.165, 1.54) is 23.1 Å². The fourth-order valence-electron chi connectivity index (χ4n) is 1.46. The van der Waals surface area contributed by atoms with Gasteiger partial charge in [-0.1, -0.05) is 23.1 Å².